The highest BCUT2D eigenvalue weighted by Gasteiger charge is 2.28. The average Bonchev–Trinajstić information content (AvgIpc) is 3.43. The lowest BCUT2D eigenvalue weighted by atomic mass is 10.3. The summed E-state index contributed by atoms with van der Waals surface area (Å²) in [6.07, 6.45) is 0.569. The third-order valence-corrected chi connectivity index (χ3v) is 3.67. The zero-order valence-electron chi connectivity index (χ0n) is 15.2. The zero-order chi connectivity index (χ0) is 18.8. The summed E-state index contributed by atoms with van der Waals surface area (Å²) in [6.45, 7) is 1.43. The number of nitrogens with zero attached hydrogens (tertiary/aromatic N) is 2. The van der Waals surface area contributed by atoms with Gasteiger partial charge in [-0.05, 0) is 30.7 Å². The van der Waals surface area contributed by atoms with Crippen molar-refractivity contribution in [2.24, 2.45) is 10.9 Å². The van der Waals surface area contributed by atoms with Crippen molar-refractivity contribution >= 4 is 29.9 Å². The van der Waals surface area contributed by atoms with Gasteiger partial charge in [0.1, 0.15) is 0 Å². The number of aromatic nitrogens is 1. The molecule has 1 saturated carbocycles. The average molecular weight is 502 g/mol. The number of pyridine rings is 1. The Morgan fingerprint density at radius 3 is 2.67 bits per heavy atom. The molecule has 0 aromatic carbocycles. The topological polar surface area (TPSA) is 67.8 Å². The van der Waals surface area contributed by atoms with E-state index in [-0.39, 0.29) is 29.9 Å². The van der Waals surface area contributed by atoms with Gasteiger partial charge in [0.15, 0.2) is 12.6 Å². The van der Waals surface area contributed by atoms with Gasteiger partial charge < -0.3 is 20.1 Å². The Morgan fingerprint density at radius 2 is 2.07 bits per heavy atom. The van der Waals surface area contributed by atoms with E-state index in [0.717, 1.165) is 37.7 Å². The van der Waals surface area contributed by atoms with Crippen molar-refractivity contribution in [3.05, 3.63) is 23.9 Å². The monoisotopic (exact) mass is 502 g/mol. The van der Waals surface area contributed by atoms with Crippen LogP contribution < -0.4 is 15.4 Å². The molecular formula is C17H26F3IN4O2. The Labute approximate surface area is 174 Å². The molecule has 1 aromatic heterocycles. The van der Waals surface area contributed by atoms with E-state index in [1.54, 1.807) is 13.1 Å². The fourth-order valence-corrected chi connectivity index (χ4v) is 2.08. The number of guanidine groups is 1. The van der Waals surface area contributed by atoms with Crippen LogP contribution >= 0.6 is 24.0 Å². The molecule has 1 heterocycles. The summed E-state index contributed by atoms with van der Waals surface area (Å²) < 4.78 is 46.4. The third-order valence-electron chi connectivity index (χ3n) is 3.67. The summed E-state index contributed by atoms with van der Waals surface area (Å²) >= 11 is 0. The quantitative estimate of drug-likeness (QED) is 0.223. The number of halogens is 4. The summed E-state index contributed by atoms with van der Waals surface area (Å²) in [5, 5.41) is 6.30. The van der Waals surface area contributed by atoms with E-state index in [1.807, 2.05) is 0 Å². The number of hydrogen-bond donors (Lipinski definition) is 2. The molecule has 10 heteroatoms. The lowest BCUT2D eigenvalue weighted by molar-refractivity contribution is -0.154. The second-order valence-corrected chi connectivity index (χ2v) is 6.13. The number of rotatable bonds is 10. The number of ether oxygens (including phenoxy) is 2. The fourth-order valence-electron chi connectivity index (χ4n) is 2.08. The van der Waals surface area contributed by atoms with Crippen LogP contribution in [0.5, 0.6) is 5.88 Å². The second-order valence-electron chi connectivity index (χ2n) is 6.13. The van der Waals surface area contributed by atoms with Crippen LogP contribution in [0.15, 0.2) is 23.3 Å². The first-order valence-electron chi connectivity index (χ1n) is 8.63. The van der Waals surface area contributed by atoms with Crippen LogP contribution in [-0.4, -0.2) is 50.5 Å². The maximum atomic E-state index is 12.1. The molecule has 0 spiro atoms. The minimum Gasteiger partial charge on any atom is -0.468 e. The van der Waals surface area contributed by atoms with Crippen LogP contribution in [0, 0.1) is 5.92 Å². The van der Waals surface area contributed by atoms with Crippen molar-refractivity contribution in [3.8, 4) is 5.88 Å². The summed E-state index contributed by atoms with van der Waals surface area (Å²) in [6, 6.07) is 3.07. The minimum absolute atomic E-state index is 0. The Morgan fingerprint density at radius 1 is 1.30 bits per heavy atom. The third kappa shape index (κ3) is 11.2. The number of aliphatic imine (C=N–C) groups is 1. The Kier molecular flexibility index (Phi) is 10.7. The highest BCUT2D eigenvalue weighted by molar-refractivity contribution is 14.0. The molecule has 0 unspecified atom stereocenters. The maximum absolute atomic E-state index is 12.1. The van der Waals surface area contributed by atoms with E-state index in [0.29, 0.717) is 12.5 Å². The van der Waals surface area contributed by atoms with E-state index in [9.17, 15) is 13.2 Å². The fraction of sp³-hybridized carbons (Fsp3) is 0.647. The SMILES string of the molecule is CN=C(NCCCOCC1CC1)NCc1ccc(OCC(F)(F)F)nc1.I. The van der Waals surface area contributed by atoms with Crippen molar-refractivity contribution in [1.82, 2.24) is 15.6 Å². The molecular weight excluding hydrogens is 476 g/mol. The summed E-state index contributed by atoms with van der Waals surface area (Å²) in [5.74, 6) is 1.36. The van der Waals surface area contributed by atoms with E-state index >= 15 is 0 Å². The van der Waals surface area contributed by atoms with Gasteiger partial charge in [-0.1, -0.05) is 6.07 Å². The Balaban J connectivity index is 0.00000364. The van der Waals surface area contributed by atoms with E-state index in [2.05, 4.69) is 25.3 Å². The maximum Gasteiger partial charge on any atom is 0.422 e. The minimum atomic E-state index is -4.37. The molecule has 154 valence electrons. The molecule has 1 aliphatic rings. The molecule has 27 heavy (non-hydrogen) atoms. The van der Waals surface area contributed by atoms with Crippen LogP contribution in [0.1, 0.15) is 24.8 Å². The van der Waals surface area contributed by atoms with Crippen LogP contribution in [0.3, 0.4) is 0 Å². The van der Waals surface area contributed by atoms with Gasteiger partial charge in [0.2, 0.25) is 5.88 Å². The number of nitrogens with one attached hydrogen (secondary N) is 2. The molecule has 0 atom stereocenters. The molecule has 6 nitrogen and oxygen atoms in total. The highest BCUT2D eigenvalue weighted by Crippen LogP contribution is 2.28. The standard InChI is InChI=1S/C17H25F3N4O2.HI/c1-21-16(22-7-2-8-25-11-13-3-4-13)24-10-14-5-6-15(23-9-14)26-12-17(18,19)20;/h5-6,9,13H,2-4,7-8,10-12H2,1H3,(H2,21,22,24);1H. The van der Waals surface area contributed by atoms with Crippen molar-refractivity contribution in [2.75, 3.05) is 33.4 Å². The summed E-state index contributed by atoms with van der Waals surface area (Å²) in [4.78, 5) is 7.98. The van der Waals surface area contributed by atoms with Crippen LogP contribution in [0.2, 0.25) is 0 Å². The normalized spacial score (nSPS) is 14.4. The van der Waals surface area contributed by atoms with Gasteiger partial charge in [-0.2, -0.15) is 13.2 Å². The number of hydrogen-bond acceptors (Lipinski definition) is 4. The van der Waals surface area contributed by atoms with Crippen molar-refractivity contribution in [2.45, 2.75) is 32.0 Å². The van der Waals surface area contributed by atoms with Crippen molar-refractivity contribution < 1.29 is 22.6 Å². The molecule has 0 radical (unpaired) electrons. The van der Waals surface area contributed by atoms with E-state index in [1.165, 1.54) is 25.1 Å². The molecule has 2 rings (SSSR count). The molecule has 1 aliphatic carbocycles. The van der Waals surface area contributed by atoms with Crippen LogP contribution in [0.25, 0.3) is 0 Å². The lowest BCUT2D eigenvalue weighted by Gasteiger charge is -2.12. The molecule has 0 saturated heterocycles. The Bertz CT molecular complexity index is 566. The molecule has 0 aliphatic heterocycles. The first kappa shape index (κ1) is 23.7. The van der Waals surface area contributed by atoms with E-state index < -0.39 is 12.8 Å². The Hall–Kier alpha value is -1.30. The smallest absolute Gasteiger partial charge is 0.422 e. The first-order chi connectivity index (χ1) is 12.5. The summed E-state index contributed by atoms with van der Waals surface area (Å²) in [5.41, 5.74) is 0.806. The van der Waals surface area contributed by atoms with E-state index in [4.69, 9.17) is 4.74 Å². The van der Waals surface area contributed by atoms with Crippen molar-refractivity contribution in [1.29, 1.82) is 0 Å². The second kappa shape index (κ2) is 12.2. The molecule has 2 N–H and O–H groups in total. The summed E-state index contributed by atoms with van der Waals surface area (Å²) in [7, 11) is 1.67. The van der Waals surface area contributed by atoms with Gasteiger partial charge in [0.25, 0.3) is 0 Å². The van der Waals surface area contributed by atoms with Gasteiger partial charge in [-0.3, -0.25) is 4.99 Å². The zero-order valence-corrected chi connectivity index (χ0v) is 17.5. The molecule has 1 fully saturated rings. The van der Waals surface area contributed by atoms with Gasteiger partial charge in [-0.15, -0.1) is 24.0 Å². The van der Waals surface area contributed by atoms with Crippen LogP contribution in [-0.2, 0) is 11.3 Å². The lowest BCUT2D eigenvalue weighted by Crippen LogP contribution is -2.37. The van der Waals surface area contributed by atoms with Gasteiger partial charge >= 0.3 is 6.18 Å². The molecule has 0 bridgehead atoms. The highest BCUT2D eigenvalue weighted by atomic mass is 127. The van der Waals surface area contributed by atoms with Gasteiger partial charge in [0.05, 0.1) is 0 Å². The predicted molar refractivity (Wildman–Crippen MR) is 108 cm³/mol. The van der Waals surface area contributed by atoms with Gasteiger partial charge in [0, 0.05) is 45.6 Å². The van der Waals surface area contributed by atoms with Gasteiger partial charge in [-0.25, -0.2) is 4.98 Å². The predicted octanol–water partition coefficient (Wildman–Crippen LogP) is 3.12. The van der Waals surface area contributed by atoms with Crippen LogP contribution in [0.4, 0.5) is 13.2 Å². The molecule has 1 aromatic rings. The number of alkyl halides is 3. The molecule has 0 amide bonds. The first-order valence-corrected chi connectivity index (χ1v) is 8.63. The van der Waals surface area contributed by atoms with Crippen molar-refractivity contribution in [3.63, 3.8) is 0 Å². The largest absolute Gasteiger partial charge is 0.468 e.